The monoisotopic (exact) mass is 254 g/mol. The minimum Gasteiger partial charge on any atom is -0.274 e. The van der Waals surface area contributed by atoms with Crippen molar-refractivity contribution in [2.24, 2.45) is 9.98 Å². The van der Waals surface area contributed by atoms with Gasteiger partial charge in [0.15, 0.2) is 0 Å². The summed E-state index contributed by atoms with van der Waals surface area (Å²) in [6.07, 6.45) is 14.2. The molecule has 1 aromatic rings. The highest BCUT2D eigenvalue weighted by molar-refractivity contribution is 5.89. The molecule has 19 heavy (non-hydrogen) atoms. The van der Waals surface area contributed by atoms with E-state index in [0.29, 0.717) is 11.7 Å². The SMILES string of the molecule is C=C/C=C\C(=C/C)C(=C)N=C(/N=C/C)n1ccnc1. The number of imidazole rings is 1. The van der Waals surface area contributed by atoms with E-state index in [-0.39, 0.29) is 0 Å². The first-order chi connectivity index (χ1) is 9.22. The van der Waals surface area contributed by atoms with Crippen LogP contribution < -0.4 is 0 Å². The minimum atomic E-state index is 0.524. The third-order valence-electron chi connectivity index (χ3n) is 2.27. The van der Waals surface area contributed by atoms with Gasteiger partial charge >= 0.3 is 0 Å². The van der Waals surface area contributed by atoms with Crippen LogP contribution in [-0.4, -0.2) is 21.7 Å². The third kappa shape index (κ3) is 4.35. The van der Waals surface area contributed by atoms with Crippen LogP contribution in [0.3, 0.4) is 0 Å². The van der Waals surface area contributed by atoms with Gasteiger partial charge in [-0.2, -0.15) is 0 Å². The molecule has 0 aromatic carbocycles. The molecule has 0 radical (unpaired) electrons. The van der Waals surface area contributed by atoms with Gasteiger partial charge in [-0.1, -0.05) is 37.5 Å². The molecule has 1 aromatic heterocycles. The number of hydrogen-bond acceptors (Lipinski definition) is 2. The molecule has 0 aliphatic rings. The van der Waals surface area contributed by atoms with Gasteiger partial charge in [-0.05, 0) is 19.4 Å². The van der Waals surface area contributed by atoms with Gasteiger partial charge in [-0.25, -0.2) is 15.0 Å². The third-order valence-corrected chi connectivity index (χ3v) is 2.27. The molecule has 0 aliphatic heterocycles. The number of nitrogens with zero attached hydrogens (tertiary/aromatic N) is 4. The van der Waals surface area contributed by atoms with Crippen molar-refractivity contribution in [3.63, 3.8) is 0 Å². The zero-order chi connectivity index (χ0) is 14.1. The second-order valence-electron chi connectivity index (χ2n) is 3.55. The Bertz CT molecular complexity index is 543. The molecule has 0 N–H and O–H groups in total. The van der Waals surface area contributed by atoms with Gasteiger partial charge in [0.2, 0.25) is 5.96 Å². The molecule has 0 amide bonds. The van der Waals surface area contributed by atoms with Gasteiger partial charge in [-0.3, -0.25) is 4.57 Å². The summed E-state index contributed by atoms with van der Waals surface area (Å²) in [5.41, 5.74) is 1.55. The lowest BCUT2D eigenvalue weighted by molar-refractivity contribution is 1.09. The second-order valence-corrected chi connectivity index (χ2v) is 3.55. The molecule has 0 atom stereocenters. The second kappa shape index (κ2) is 7.76. The van der Waals surface area contributed by atoms with Crippen molar-refractivity contribution in [1.82, 2.24) is 9.55 Å². The van der Waals surface area contributed by atoms with Gasteiger partial charge in [0.25, 0.3) is 0 Å². The first-order valence-electron chi connectivity index (χ1n) is 5.93. The fraction of sp³-hybridized carbons (Fsp3) is 0.133. The molecule has 0 fully saturated rings. The Labute approximate surface area is 113 Å². The normalized spacial score (nSPS) is 13.4. The van der Waals surface area contributed by atoms with Crippen LogP contribution in [0.15, 0.2) is 77.4 Å². The van der Waals surface area contributed by atoms with Crippen molar-refractivity contribution < 1.29 is 0 Å². The summed E-state index contributed by atoms with van der Waals surface area (Å²) in [6, 6.07) is 0. The predicted molar refractivity (Wildman–Crippen MR) is 81.5 cm³/mol. The Kier molecular flexibility index (Phi) is 5.95. The highest BCUT2D eigenvalue weighted by atomic mass is 15.2. The van der Waals surface area contributed by atoms with Crippen molar-refractivity contribution in [2.45, 2.75) is 13.8 Å². The average Bonchev–Trinajstić information content (AvgIpc) is 2.93. The van der Waals surface area contributed by atoms with Crippen LogP contribution in [0.4, 0.5) is 0 Å². The van der Waals surface area contributed by atoms with Crippen LogP contribution in [0.25, 0.3) is 0 Å². The minimum absolute atomic E-state index is 0.524. The summed E-state index contributed by atoms with van der Waals surface area (Å²) in [7, 11) is 0. The molecule has 0 saturated heterocycles. The average molecular weight is 254 g/mol. The molecule has 0 bridgehead atoms. The maximum atomic E-state index is 4.43. The molecule has 0 aliphatic carbocycles. The molecule has 98 valence electrons. The summed E-state index contributed by atoms with van der Waals surface area (Å²) >= 11 is 0. The number of rotatable bonds is 4. The van der Waals surface area contributed by atoms with Crippen LogP contribution >= 0.6 is 0 Å². The van der Waals surface area contributed by atoms with E-state index in [0.717, 1.165) is 5.57 Å². The lowest BCUT2D eigenvalue weighted by Crippen LogP contribution is -2.07. The Morgan fingerprint density at radius 3 is 2.68 bits per heavy atom. The number of hydrogen-bond donors (Lipinski definition) is 0. The van der Waals surface area contributed by atoms with E-state index < -0.39 is 0 Å². The molecule has 0 unspecified atom stereocenters. The lowest BCUT2D eigenvalue weighted by Gasteiger charge is -2.04. The first-order valence-corrected chi connectivity index (χ1v) is 5.93. The molecular weight excluding hydrogens is 236 g/mol. The summed E-state index contributed by atoms with van der Waals surface area (Å²) in [6.45, 7) is 11.4. The van der Waals surface area contributed by atoms with Crippen molar-refractivity contribution >= 4 is 12.2 Å². The predicted octanol–water partition coefficient (Wildman–Crippen LogP) is 3.38. The van der Waals surface area contributed by atoms with Crippen molar-refractivity contribution in [3.05, 3.63) is 67.5 Å². The Hall–Kier alpha value is -2.49. The highest BCUT2D eigenvalue weighted by Crippen LogP contribution is 2.12. The summed E-state index contributed by atoms with van der Waals surface area (Å²) < 4.78 is 1.73. The number of allylic oxidation sites excluding steroid dienone is 4. The van der Waals surface area contributed by atoms with Gasteiger partial charge < -0.3 is 0 Å². The smallest absolute Gasteiger partial charge is 0.235 e. The summed E-state index contributed by atoms with van der Waals surface area (Å²) in [4.78, 5) is 12.6. The molecule has 4 heteroatoms. The topological polar surface area (TPSA) is 42.5 Å². The standard InChI is InChI=1S/C15H18N4/c1-5-8-9-14(6-2)13(4)18-15(17-7-3)19-11-10-16-12-19/h5-12H,1,4H2,2-3H3/b9-8-,14-6+,17-7+,18-15?. The van der Waals surface area contributed by atoms with Crippen LogP contribution in [0.1, 0.15) is 13.8 Å². The fourth-order valence-electron chi connectivity index (χ4n) is 1.36. The number of aliphatic imine (C=N–C) groups is 2. The van der Waals surface area contributed by atoms with Gasteiger partial charge in [0, 0.05) is 18.6 Å². The van der Waals surface area contributed by atoms with E-state index in [1.165, 1.54) is 0 Å². The van der Waals surface area contributed by atoms with Gasteiger partial charge in [0.05, 0.1) is 5.70 Å². The molecule has 4 nitrogen and oxygen atoms in total. The molecule has 1 heterocycles. The van der Waals surface area contributed by atoms with E-state index in [9.17, 15) is 0 Å². The number of aromatic nitrogens is 2. The first kappa shape index (κ1) is 14.6. The highest BCUT2D eigenvalue weighted by Gasteiger charge is 2.02. The lowest BCUT2D eigenvalue weighted by atomic mass is 10.2. The van der Waals surface area contributed by atoms with Crippen molar-refractivity contribution in [3.8, 4) is 0 Å². The van der Waals surface area contributed by atoms with Crippen molar-refractivity contribution in [2.75, 3.05) is 0 Å². The zero-order valence-electron chi connectivity index (χ0n) is 11.3. The van der Waals surface area contributed by atoms with E-state index in [1.807, 2.05) is 32.1 Å². The van der Waals surface area contributed by atoms with E-state index in [2.05, 4.69) is 28.1 Å². The Morgan fingerprint density at radius 1 is 1.37 bits per heavy atom. The van der Waals surface area contributed by atoms with Crippen LogP contribution in [0.2, 0.25) is 0 Å². The Balaban J connectivity index is 3.06. The van der Waals surface area contributed by atoms with Crippen LogP contribution in [-0.2, 0) is 0 Å². The van der Waals surface area contributed by atoms with Crippen LogP contribution in [0.5, 0.6) is 0 Å². The van der Waals surface area contributed by atoms with Gasteiger partial charge in [0.1, 0.15) is 6.33 Å². The largest absolute Gasteiger partial charge is 0.274 e. The van der Waals surface area contributed by atoms with Crippen molar-refractivity contribution in [1.29, 1.82) is 0 Å². The van der Waals surface area contributed by atoms with E-state index in [1.54, 1.807) is 35.6 Å². The Morgan fingerprint density at radius 2 is 2.16 bits per heavy atom. The van der Waals surface area contributed by atoms with Crippen LogP contribution in [0, 0.1) is 0 Å². The maximum absolute atomic E-state index is 4.43. The maximum Gasteiger partial charge on any atom is 0.235 e. The molecule has 1 rings (SSSR count). The van der Waals surface area contributed by atoms with E-state index >= 15 is 0 Å². The van der Waals surface area contributed by atoms with Gasteiger partial charge in [-0.15, -0.1) is 0 Å². The summed E-state index contributed by atoms with van der Waals surface area (Å²) in [5.74, 6) is 0.524. The fourth-order valence-corrected chi connectivity index (χ4v) is 1.36. The molecular formula is C15H18N4. The van der Waals surface area contributed by atoms with E-state index in [4.69, 9.17) is 0 Å². The quantitative estimate of drug-likeness (QED) is 0.461. The zero-order valence-corrected chi connectivity index (χ0v) is 11.3. The summed E-state index contributed by atoms with van der Waals surface area (Å²) in [5, 5.41) is 0. The molecule has 0 spiro atoms. The molecule has 0 saturated carbocycles.